The van der Waals surface area contributed by atoms with Crippen LogP contribution in [0.15, 0.2) is 54.5 Å². The summed E-state index contributed by atoms with van der Waals surface area (Å²) in [6.07, 6.45) is 6.67. The molecule has 1 aromatic carbocycles. The molecule has 0 amide bonds. The summed E-state index contributed by atoms with van der Waals surface area (Å²) in [6, 6.07) is 5.97. The molecule has 1 aliphatic carbocycles. The van der Waals surface area contributed by atoms with Crippen molar-refractivity contribution in [3.63, 3.8) is 0 Å². The smallest absolute Gasteiger partial charge is 0.231 e. The number of rotatable bonds is 7. The van der Waals surface area contributed by atoms with Gasteiger partial charge >= 0.3 is 0 Å². The molecule has 0 unspecified atom stereocenters. The fourth-order valence-corrected chi connectivity index (χ4v) is 3.70. The number of ketones is 1. The summed E-state index contributed by atoms with van der Waals surface area (Å²) in [6.45, 7) is 6.30. The highest BCUT2D eigenvalue weighted by Crippen LogP contribution is 2.46. The Kier molecular flexibility index (Phi) is 5.07. The van der Waals surface area contributed by atoms with E-state index in [1.165, 1.54) is 13.2 Å². The van der Waals surface area contributed by atoms with E-state index >= 15 is 0 Å². The number of allylic oxidation sites excluding steroid dienone is 3. The lowest BCUT2D eigenvalue weighted by molar-refractivity contribution is -0.114. The second-order valence-corrected chi connectivity index (χ2v) is 6.62. The molecule has 138 valence electrons. The molecule has 0 spiro atoms. The predicted octanol–water partition coefficient (Wildman–Crippen LogP) is 3.80. The highest BCUT2D eigenvalue weighted by atomic mass is 16.7. The maximum absolute atomic E-state index is 12.2. The summed E-state index contributed by atoms with van der Waals surface area (Å²) in [5, 5.41) is 0. The molecule has 0 aromatic heterocycles. The Labute approximate surface area is 153 Å². The van der Waals surface area contributed by atoms with Crippen molar-refractivity contribution in [1.82, 2.24) is 0 Å². The first kappa shape index (κ1) is 18.1. The molecule has 0 bridgehead atoms. The third-order valence-corrected chi connectivity index (χ3v) is 5.13. The maximum Gasteiger partial charge on any atom is 0.231 e. The van der Waals surface area contributed by atoms with Crippen LogP contribution in [0.3, 0.4) is 0 Å². The Balaban J connectivity index is 1.95. The van der Waals surface area contributed by atoms with Gasteiger partial charge in [-0.25, -0.2) is 0 Å². The summed E-state index contributed by atoms with van der Waals surface area (Å²) in [5.74, 6) is 2.46. The van der Waals surface area contributed by atoms with E-state index in [0.29, 0.717) is 17.9 Å². The molecule has 5 heteroatoms. The average Bonchev–Trinajstić information content (AvgIpc) is 3.10. The molecule has 0 N–H and O–H groups in total. The lowest BCUT2D eigenvalue weighted by Crippen LogP contribution is -2.35. The largest absolute Gasteiger partial charge is 0.500 e. The SMILES string of the molecule is C=CC[C@@]1([C@H](C)Cc2ccc3c(c2)OCO3)C=C(OC)C(=O)C=C1OC. The second kappa shape index (κ2) is 7.28. The summed E-state index contributed by atoms with van der Waals surface area (Å²) < 4.78 is 21.8. The molecule has 0 saturated carbocycles. The number of methoxy groups -OCH3 is 2. The number of ether oxygens (including phenoxy) is 4. The van der Waals surface area contributed by atoms with Gasteiger partial charge in [0, 0.05) is 6.08 Å². The Hall–Kier alpha value is -2.69. The summed E-state index contributed by atoms with van der Waals surface area (Å²) in [4.78, 5) is 12.2. The third-order valence-electron chi connectivity index (χ3n) is 5.13. The quantitative estimate of drug-likeness (QED) is 0.696. The van der Waals surface area contributed by atoms with E-state index in [4.69, 9.17) is 18.9 Å². The van der Waals surface area contributed by atoms with Crippen LogP contribution in [0.2, 0.25) is 0 Å². The van der Waals surface area contributed by atoms with Crippen molar-refractivity contribution in [3.8, 4) is 11.5 Å². The normalized spacial score (nSPS) is 22.3. The standard InChI is InChI=1S/C21H24O5/c1-5-8-21(12-19(23-3)16(22)11-20(21)24-4)14(2)9-15-6-7-17-18(10-15)26-13-25-17/h5-7,10-12,14H,1,8-9,13H2,2-4H3/t14-,21+/m1/s1. The van der Waals surface area contributed by atoms with E-state index in [9.17, 15) is 4.79 Å². The van der Waals surface area contributed by atoms with E-state index < -0.39 is 5.41 Å². The highest BCUT2D eigenvalue weighted by molar-refractivity contribution is 6.04. The number of carbonyl (C=O) groups excluding carboxylic acids is 1. The monoisotopic (exact) mass is 356 g/mol. The molecule has 2 aliphatic rings. The molecule has 0 fully saturated rings. The minimum absolute atomic E-state index is 0.130. The second-order valence-electron chi connectivity index (χ2n) is 6.62. The average molecular weight is 356 g/mol. The van der Waals surface area contributed by atoms with Crippen LogP contribution in [0.5, 0.6) is 11.5 Å². The van der Waals surface area contributed by atoms with Crippen LogP contribution >= 0.6 is 0 Å². The molecular weight excluding hydrogens is 332 g/mol. The fraction of sp³-hybridized carbons (Fsp3) is 0.381. The van der Waals surface area contributed by atoms with Crippen molar-refractivity contribution in [2.45, 2.75) is 19.8 Å². The van der Waals surface area contributed by atoms with Gasteiger partial charge in [-0.1, -0.05) is 19.1 Å². The number of hydrogen-bond acceptors (Lipinski definition) is 5. The van der Waals surface area contributed by atoms with Crippen molar-refractivity contribution in [2.24, 2.45) is 11.3 Å². The van der Waals surface area contributed by atoms with Gasteiger partial charge in [-0.3, -0.25) is 4.79 Å². The third kappa shape index (κ3) is 3.09. The van der Waals surface area contributed by atoms with Gasteiger partial charge in [-0.15, -0.1) is 6.58 Å². The van der Waals surface area contributed by atoms with E-state index in [-0.39, 0.29) is 18.5 Å². The fourth-order valence-electron chi connectivity index (χ4n) is 3.70. The Bertz CT molecular complexity index is 777. The van der Waals surface area contributed by atoms with Crippen molar-refractivity contribution >= 4 is 5.78 Å². The molecule has 26 heavy (non-hydrogen) atoms. The van der Waals surface area contributed by atoms with Crippen molar-refractivity contribution in [3.05, 3.63) is 60.1 Å². The van der Waals surface area contributed by atoms with Crippen LogP contribution in [-0.2, 0) is 20.7 Å². The van der Waals surface area contributed by atoms with Crippen molar-refractivity contribution < 1.29 is 23.7 Å². The highest BCUT2D eigenvalue weighted by Gasteiger charge is 2.42. The van der Waals surface area contributed by atoms with Crippen LogP contribution in [0, 0.1) is 11.3 Å². The molecule has 3 rings (SSSR count). The molecule has 1 heterocycles. The van der Waals surface area contributed by atoms with Crippen LogP contribution in [0.4, 0.5) is 0 Å². The minimum atomic E-state index is -0.494. The lowest BCUT2D eigenvalue weighted by Gasteiger charge is -2.39. The van der Waals surface area contributed by atoms with Gasteiger partial charge in [0.15, 0.2) is 17.3 Å². The van der Waals surface area contributed by atoms with Crippen LogP contribution in [0.25, 0.3) is 0 Å². The van der Waals surface area contributed by atoms with E-state index in [0.717, 1.165) is 23.5 Å². The van der Waals surface area contributed by atoms with Crippen LogP contribution in [-0.4, -0.2) is 26.8 Å². The molecule has 1 aromatic rings. The molecule has 5 nitrogen and oxygen atoms in total. The van der Waals surface area contributed by atoms with Crippen LogP contribution in [0.1, 0.15) is 18.9 Å². The van der Waals surface area contributed by atoms with Gasteiger partial charge in [-0.05, 0) is 42.5 Å². The zero-order valence-corrected chi connectivity index (χ0v) is 15.4. The van der Waals surface area contributed by atoms with Crippen molar-refractivity contribution in [1.29, 1.82) is 0 Å². The van der Waals surface area contributed by atoms with Crippen LogP contribution < -0.4 is 9.47 Å². The number of hydrogen-bond donors (Lipinski definition) is 0. The minimum Gasteiger partial charge on any atom is -0.500 e. The first-order valence-electron chi connectivity index (χ1n) is 8.61. The zero-order chi connectivity index (χ0) is 18.7. The number of benzene rings is 1. The first-order valence-corrected chi connectivity index (χ1v) is 8.61. The number of fused-ring (bicyclic) bond motifs is 1. The maximum atomic E-state index is 12.2. The van der Waals surface area contributed by atoms with Crippen molar-refractivity contribution in [2.75, 3.05) is 21.0 Å². The lowest BCUT2D eigenvalue weighted by atomic mass is 9.67. The Morgan fingerprint density at radius 3 is 2.73 bits per heavy atom. The van der Waals surface area contributed by atoms with E-state index in [2.05, 4.69) is 13.5 Å². The molecule has 1 aliphatic heterocycles. The zero-order valence-electron chi connectivity index (χ0n) is 15.4. The predicted molar refractivity (Wildman–Crippen MR) is 97.9 cm³/mol. The summed E-state index contributed by atoms with van der Waals surface area (Å²) in [5.41, 5.74) is 0.636. The van der Waals surface area contributed by atoms with Gasteiger partial charge in [0.2, 0.25) is 12.6 Å². The first-order chi connectivity index (χ1) is 12.5. The van der Waals surface area contributed by atoms with Gasteiger partial charge in [0.05, 0.1) is 19.6 Å². The Morgan fingerprint density at radius 2 is 2.04 bits per heavy atom. The molecule has 0 radical (unpaired) electrons. The topological polar surface area (TPSA) is 54.0 Å². The van der Waals surface area contributed by atoms with Gasteiger partial charge in [0.1, 0.15) is 5.76 Å². The molecule has 2 atom stereocenters. The summed E-state index contributed by atoms with van der Waals surface area (Å²) in [7, 11) is 3.10. The molecule has 0 saturated heterocycles. The van der Waals surface area contributed by atoms with E-state index in [1.54, 1.807) is 7.11 Å². The Morgan fingerprint density at radius 1 is 1.27 bits per heavy atom. The molecular formula is C21H24O5. The number of carbonyl (C=O) groups is 1. The van der Waals surface area contributed by atoms with Gasteiger partial charge < -0.3 is 18.9 Å². The van der Waals surface area contributed by atoms with E-state index in [1.807, 2.05) is 30.4 Å². The van der Waals surface area contributed by atoms with Gasteiger partial charge in [0.25, 0.3) is 0 Å². The van der Waals surface area contributed by atoms with Gasteiger partial charge in [-0.2, -0.15) is 0 Å². The summed E-state index contributed by atoms with van der Waals surface area (Å²) >= 11 is 0.